The number of hydrogen-bond donors (Lipinski definition) is 1. The molecule has 1 aromatic rings. The molecule has 8 nitrogen and oxygen atoms in total. The van der Waals surface area contributed by atoms with Crippen molar-refractivity contribution in [1.29, 1.82) is 0 Å². The summed E-state index contributed by atoms with van der Waals surface area (Å²) in [4.78, 5) is 26.2. The van der Waals surface area contributed by atoms with Gasteiger partial charge in [0.25, 0.3) is 5.91 Å². The first-order chi connectivity index (χ1) is 13.7. The maximum Gasteiger partial charge on any atom is 0.257 e. The highest BCUT2D eigenvalue weighted by Crippen LogP contribution is 2.29. The maximum atomic E-state index is 13.1. The molecule has 2 aliphatic heterocycles. The Balaban J connectivity index is 1.84. The molecule has 0 bridgehead atoms. The molecule has 3 rings (SSSR count). The summed E-state index contributed by atoms with van der Waals surface area (Å²) in [7, 11) is -2.22. The van der Waals surface area contributed by atoms with Crippen LogP contribution in [0.3, 0.4) is 0 Å². The first-order valence-corrected chi connectivity index (χ1v) is 11.4. The quantitative estimate of drug-likeness (QED) is 0.771. The van der Waals surface area contributed by atoms with E-state index < -0.39 is 10.0 Å². The zero-order chi connectivity index (χ0) is 21.2. The Kier molecular flexibility index (Phi) is 6.48. The molecular formula is C20H29N3O5S. The Labute approximate surface area is 172 Å². The van der Waals surface area contributed by atoms with Gasteiger partial charge in [-0.15, -0.1) is 0 Å². The van der Waals surface area contributed by atoms with Crippen LogP contribution in [0.25, 0.3) is 0 Å². The highest BCUT2D eigenvalue weighted by Gasteiger charge is 2.31. The van der Waals surface area contributed by atoms with Crippen LogP contribution in [0, 0.1) is 11.8 Å². The van der Waals surface area contributed by atoms with Gasteiger partial charge in [-0.2, -0.15) is 4.31 Å². The molecule has 2 N–H and O–H groups in total. The van der Waals surface area contributed by atoms with E-state index >= 15 is 0 Å². The molecule has 0 saturated carbocycles. The molecule has 0 atom stereocenters. The molecule has 0 spiro atoms. The summed E-state index contributed by atoms with van der Waals surface area (Å²) < 4.78 is 32.9. The minimum absolute atomic E-state index is 0.100. The van der Waals surface area contributed by atoms with Crippen molar-refractivity contribution in [2.45, 2.75) is 37.5 Å². The smallest absolute Gasteiger partial charge is 0.257 e. The average Bonchev–Trinajstić information content (AvgIpc) is 2.73. The molecule has 2 heterocycles. The molecule has 0 aromatic heterocycles. The second-order valence-electron chi connectivity index (χ2n) is 7.92. The molecule has 2 saturated heterocycles. The fourth-order valence-corrected chi connectivity index (χ4v) is 5.42. The number of carbonyl (C=O) groups excluding carboxylic acids is 2. The first-order valence-electron chi connectivity index (χ1n) is 10.0. The van der Waals surface area contributed by atoms with Crippen LogP contribution in [0.4, 0.5) is 0 Å². The van der Waals surface area contributed by atoms with Crippen molar-refractivity contribution >= 4 is 21.8 Å². The molecule has 29 heavy (non-hydrogen) atoms. The van der Waals surface area contributed by atoms with Crippen LogP contribution >= 0.6 is 0 Å². The lowest BCUT2D eigenvalue weighted by molar-refractivity contribution is -0.123. The molecule has 2 fully saturated rings. The molecule has 1 aromatic carbocycles. The highest BCUT2D eigenvalue weighted by molar-refractivity contribution is 7.89. The lowest BCUT2D eigenvalue weighted by Gasteiger charge is -2.31. The number of nitrogens with zero attached hydrogens (tertiary/aromatic N) is 2. The van der Waals surface area contributed by atoms with E-state index in [1.54, 1.807) is 4.90 Å². The molecule has 9 heteroatoms. The van der Waals surface area contributed by atoms with Gasteiger partial charge in [0.2, 0.25) is 15.9 Å². The minimum atomic E-state index is -3.67. The molecular weight excluding hydrogens is 394 g/mol. The van der Waals surface area contributed by atoms with E-state index in [2.05, 4.69) is 6.92 Å². The maximum absolute atomic E-state index is 13.1. The van der Waals surface area contributed by atoms with Gasteiger partial charge in [-0.3, -0.25) is 9.59 Å². The molecule has 160 valence electrons. The Morgan fingerprint density at radius 1 is 1.07 bits per heavy atom. The van der Waals surface area contributed by atoms with Crippen molar-refractivity contribution in [3.05, 3.63) is 23.8 Å². The number of primary amides is 1. The van der Waals surface area contributed by atoms with E-state index in [9.17, 15) is 18.0 Å². The number of nitrogens with two attached hydrogens (primary N) is 1. The van der Waals surface area contributed by atoms with E-state index in [-0.39, 0.29) is 28.2 Å². The number of hydrogen-bond acceptors (Lipinski definition) is 5. The molecule has 0 radical (unpaired) electrons. The summed E-state index contributed by atoms with van der Waals surface area (Å²) in [5.74, 6) is -0.0297. The standard InChI is InChI=1S/C20H29N3O5S/c1-14-5-11-23(12-6-14)29(26,27)16-3-4-18(28-2)17(13-16)20(25)22-9-7-15(8-10-22)19(21)24/h3-4,13-15H,5-12H2,1-2H3,(H2,21,24). The average molecular weight is 424 g/mol. The third-order valence-electron chi connectivity index (χ3n) is 5.97. The minimum Gasteiger partial charge on any atom is -0.496 e. The Morgan fingerprint density at radius 3 is 2.24 bits per heavy atom. The zero-order valence-electron chi connectivity index (χ0n) is 17.0. The largest absolute Gasteiger partial charge is 0.496 e. The van der Waals surface area contributed by atoms with Crippen LogP contribution < -0.4 is 10.5 Å². The van der Waals surface area contributed by atoms with Crippen molar-refractivity contribution in [2.75, 3.05) is 33.3 Å². The van der Waals surface area contributed by atoms with Crippen molar-refractivity contribution in [3.63, 3.8) is 0 Å². The topological polar surface area (TPSA) is 110 Å². The summed E-state index contributed by atoms with van der Waals surface area (Å²) in [5, 5.41) is 0. The van der Waals surface area contributed by atoms with Gasteiger partial charge in [-0.1, -0.05) is 6.92 Å². The number of sulfonamides is 1. The number of amides is 2. The van der Waals surface area contributed by atoms with Gasteiger partial charge in [-0.25, -0.2) is 8.42 Å². The van der Waals surface area contributed by atoms with Gasteiger partial charge >= 0.3 is 0 Å². The number of carbonyl (C=O) groups is 2. The molecule has 0 aliphatic carbocycles. The predicted octanol–water partition coefficient (Wildman–Crippen LogP) is 1.45. The number of methoxy groups -OCH3 is 1. The van der Waals surface area contributed by atoms with Crippen molar-refractivity contribution < 1.29 is 22.7 Å². The molecule has 2 aliphatic rings. The van der Waals surface area contributed by atoms with Crippen LogP contribution in [-0.4, -0.2) is 62.7 Å². The van der Waals surface area contributed by atoms with Crippen LogP contribution in [0.5, 0.6) is 5.75 Å². The fourth-order valence-electron chi connectivity index (χ4n) is 3.93. The third kappa shape index (κ3) is 4.56. The summed E-state index contributed by atoms with van der Waals surface area (Å²) in [6.45, 7) is 3.89. The lowest BCUT2D eigenvalue weighted by atomic mass is 9.96. The van der Waals surface area contributed by atoms with Crippen molar-refractivity contribution in [3.8, 4) is 5.75 Å². The second kappa shape index (κ2) is 8.71. The van der Waals surface area contributed by atoms with E-state index in [0.29, 0.717) is 50.7 Å². The predicted molar refractivity (Wildman–Crippen MR) is 108 cm³/mol. The number of ether oxygens (including phenoxy) is 1. The van der Waals surface area contributed by atoms with Crippen LogP contribution in [0.15, 0.2) is 23.1 Å². The fraction of sp³-hybridized carbons (Fsp3) is 0.600. The third-order valence-corrected chi connectivity index (χ3v) is 7.86. The van der Waals surface area contributed by atoms with E-state index in [4.69, 9.17) is 10.5 Å². The van der Waals surface area contributed by atoms with E-state index in [1.807, 2.05) is 0 Å². The number of piperidine rings is 2. The lowest BCUT2D eigenvalue weighted by Crippen LogP contribution is -2.42. The van der Waals surface area contributed by atoms with Gasteiger partial charge in [0.1, 0.15) is 5.75 Å². The van der Waals surface area contributed by atoms with Gasteiger partial charge in [0.05, 0.1) is 17.6 Å². The van der Waals surface area contributed by atoms with Crippen molar-refractivity contribution in [2.24, 2.45) is 17.6 Å². The second-order valence-corrected chi connectivity index (χ2v) is 9.86. The number of rotatable bonds is 5. The zero-order valence-corrected chi connectivity index (χ0v) is 17.8. The monoisotopic (exact) mass is 423 g/mol. The highest BCUT2D eigenvalue weighted by atomic mass is 32.2. The Hall–Kier alpha value is -2.13. The first kappa shape index (κ1) is 21.6. The van der Waals surface area contributed by atoms with Crippen LogP contribution in [0.2, 0.25) is 0 Å². The molecule has 2 amide bonds. The van der Waals surface area contributed by atoms with Gasteiger partial charge in [-0.05, 0) is 49.8 Å². The van der Waals surface area contributed by atoms with Crippen LogP contribution in [-0.2, 0) is 14.8 Å². The number of likely N-dealkylation sites (tertiary alicyclic amines) is 1. The van der Waals surface area contributed by atoms with E-state index in [0.717, 1.165) is 12.8 Å². The summed E-state index contributed by atoms with van der Waals surface area (Å²) in [6.07, 6.45) is 2.67. The summed E-state index contributed by atoms with van der Waals surface area (Å²) >= 11 is 0. The Bertz CT molecular complexity index is 870. The summed E-state index contributed by atoms with van der Waals surface area (Å²) in [6, 6.07) is 4.43. The Morgan fingerprint density at radius 2 is 1.69 bits per heavy atom. The van der Waals surface area contributed by atoms with Crippen LogP contribution in [0.1, 0.15) is 43.0 Å². The SMILES string of the molecule is COc1ccc(S(=O)(=O)N2CCC(C)CC2)cc1C(=O)N1CCC(C(N)=O)CC1. The van der Waals surface area contributed by atoms with Gasteiger partial charge < -0.3 is 15.4 Å². The van der Waals surface area contributed by atoms with Gasteiger partial charge in [0, 0.05) is 32.1 Å². The number of benzene rings is 1. The van der Waals surface area contributed by atoms with E-state index in [1.165, 1.54) is 29.6 Å². The van der Waals surface area contributed by atoms with Gasteiger partial charge in [0.15, 0.2) is 0 Å². The van der Waals surface area contributed by atoms with Crippen molar-refractivity contribution in [1.82, 2.24) is 9.21 Å². The molecule has 0 unspecified atom stereocenters. The normalized spacial score (nSPS) is 19.9. The summed E-state index contributed by atoms with van der Waals surface area (Å²) in [5.41, 5.74) is 5.58.